The van der Waals surface area contributed by atoms with E-state index in [-0.39, 0.29) is 0 Å². The zero-order valence-electron chi connectivity index (χ0n) is 10.1. The summed E-state index contributed by atoms with van der Waals surface area (Å²) >= 11 is 3.24. The van der Waals surface area contributed by atoms with Crippen molar-refractivity contribution in [3.05, 3.63) is 52.3 Å². The minimum Gasteiger partial charge on any atom is -0.380 e. The van der Waals surface area contributed by atoms with Gasteiger partial charge in [-0.15, -0.1) is 0 Å². The van der Waals surface area contributed by atoms with Crippen LogP contribution in [0, 0.1) is 0 Å². The van der Waals surface area contributed by atoms with Crippen molar-refractivity contribution in [1.29, 1.82) is 0 Å². The van der Waals surface area contributed by atoms with Crippen LogP contribution >= 0.6 is 15.9 Å². The van der Waals surface area contributed by atoms with Crippen LogP contribution < -0.4 is 5.32 Å². The highest BCUT2D eigenvalue weighted by molar-refractivity contribution is 9.10. The molecule has 0 aliphatic rings. The van der Waals surface area contributed by atoms with Crippen molar-refractivity contribution in [3.8, 4) is 0 Å². The Morgan fingerprint density at radius 1 is 1.26 bits per heavy atom. The number of aryl methyl sites for hydroxylation is 1. The second-order valence-electron chi connectivity index (χ2n) is 4.23. The second kappa shape index (κ2) is 5.28. The minimum absolute atomic E-state index is 0.429. The fraction of sp³-hybridized carbons (Fsp3) is 0.231. The van der Waals surface area contributed by atoms with Gasteiger partial charge in [-0.25, -0.2) is 0 Å². The number of alkyl halides is 3. The van der Waals surface area contributed by atoms with Crippen molar-refractivity contribution in [2.45, 2.75) is 12.7 Å². The molecule has 0 atom stereocenters. The summed E-state index contributed by atoms with van der Waals surface area (Å²) in [6, 6.07) is 5.47. The topological polar surface area (TPSA) is 17.0 Å². The molecule has 19 heavy (non-hydrogen) atoms. The molecule has 2 nitrogen and oxygen atoms in total. The van der Waals surface area contributed by atoms with E-state index in [0.29, 0.717) is 16.7 Å². The maximum atomic E-state index is 12.6. The normalized spacial score (nSPS) is 11.6. The first-order chi connectivity index (χ1) is 8.86. The molecule has 0 radical (unpaired) electrons. The molecule has 0 unspecified atom stereocenters. The van der Waals surface area contributed by atoms with E-state index in [1.165, 1.54) is 6.07 Å². The number of halogens is 4. The Bertz CT molecular complexity index is 576. The van der Waals surface area contributed by atoms with Gasteiger partial charge in [0, 0.05) is 36.1 Å². The molecule has 1 aromatic carbocycles. The molecule has 0 saturated heterocycles. The third-order valence-corrected chi connectivity index (χ3v) is 3.36. The number of benzene rings is 1. The first-order valence-corrected chi connectivity index (χ1v) is 6.37. The van der Waals surface area contributed by atoms with Gasteiger partial charge in [0.25, 0.3) is 0 Å². The summed E-state index contributed by atoms with van der Waals surface area (Å²) in [5.41, 5.74) is 0.775. The average molecular weight is 333 g/mol. The highest BCUT2D eigenvalue weighted by Gasteiger charge is 2.30. The van der Waals surface area contributed by atoms with E-state index in [1.807, 2.05) is 30.1 Å². The maximum absolute atomic E-state index is 12.6. The molecular formula is C13H12BrF3N2. The summed E-state index contributed by atoms with van der Waals surface area (Å²) in [6.45, 7) is 0.473. The first kappa shape index (κ1) is 14.0. The Labute approximate surface area is 117 Å². The molecule has 1 N–H and O–H groups in total. The summed E-state index contributed by atoms with van der Waals surface area (Å²) in [5.74, 6) is 0. The number of rotatable bonds is 3. The van der Waals surface area contributed by atoms with Crippen LogP contribution in [-0.2, 0) is 19.8 Å². The number of nitrogens with one attached hydrogen (secondary N) is 1. The predicted molar refractivity (Wildman–Crippen MR) is 71.9 cm³/mol. The predicted octanol–water partition coefficient (Wildman–Crippen LogP) is 4.42. The molecule has 0 aliphatic carbocycles. The monoisotopic (exact) mass is 332 g/mol. The molecule has 0 saturated carbocycles. The van der Waals surface area contributed by atoms with Gasteiger partial charge in [-0.05, 0) is 45.8 Å². The summed E-state index contributed by atoms with van der Waals surface area (Å²) < 4.78 is 40.4. The Balaban J connectivity index is 2.15. The van der Waals surface area contributed by atoms with Gasteiger partial charge in [0.15, 0.2) is 0 Å². The van der Waals surface area contributed by atoms with E-state index in [1.54, 1.807) is 0 Å². The Kier molecular flexibility index (Phi) is 3.89. The van der Waals surface area contributed by atoms with Gasteiger partial charge >= 0.3 is 6.18 Å². The van der Waals surface area contributed by atoms with E-state index >= 15 is 0 Å². The van der Waals surface area contributed by atoms with Crippen LogP contribution in [0.2, 0.25) is 0 Å². The lowest BCUT2D eigenvalue weighted by Crippen LogP contribution is -2.07. The number of hydrogen-bond acceptors (Lipinski definition) is 1. The van der Waals surface area contributed by atoms with Gasteiger partial charge in [-0.1, -0.05) is 0 Å². The van der Waals surface area contributed by atoms with Crippen molar-refractivity contribution < 1.29 is 13.2 Å². The number of anilines is 1. The van der Waals surface area contributed by atoms with Crippen molar-refractivity contribution in [2.24, 2.45) is 7.05 Å². The Morgan fingerprint density at radius 3 is 2.58 bits per heavy atom. The van der Waals surface area contributed by atoms with E-state index in [0.717, 1.165) is 17.7 Å². The molecule has 0 fully saturated rings. The Morgan fingerprint density at radius 2 is 2.00 bits per heavy atom. The SMILES string of the molecule is Cn1ccc(CNc2cc(C(F)(F)F)ccc2Br)c1. The van der Waals surface area contributed by atoms with Crippen molar-refractivity contribution in [3.63, 3.8) is 0 Å². The molecule has 1 heterocycles. The summed E-state index contributed by atoms with van der Waals surface area (Å²) in [6.07, 6.45) is -0.531. The van der Waals surface area contributed by atoms with E-state index in [4.69, 9.17) is 0 Å². The molecule has 0 bridgehead atoms. The third-order valence-electron chi connectivity index (χ3n) is 2.67. The minimum atomic E-state index is -4.33. The highest BCUT2D eigenvalue weighted by Crippen LogP contribution is 2.34. The summed E-state index contributed by atoms with van der Waals surface area (Å²) in [4.78, 5) is 0. The lowest BCUT2D eigenvalue weighted by atomic mass is 10.2. The fourth-order valence-corrected chi connectivity index (χ4v) is 2.09. The third kappa shape index (κ3) is 3.53. The molecule has 6 heteroatoms. The van der Waals surface area contributed by atoms with Crippen LogP contribution in [0.15, 0.2) is 41.1 Å². The molecule has 0 spiro atoms. The van der Waals surface area contributed by atoms with Crippen LogP contribution in [-0.4, -0.2) is 4.57 Å². The lowest BCUT2D eigenvalue weighted by Gasteiger charge is -2.12. The molecule has 1 aromatic heterocycles. The largest absolute Gasteiger partial charge is 0.416 e. The van der Waals surface area contributed by atoms with Gasteiger partial charge in [0.1, 0.15) is 0 Å². The van der Waals surface area contributed by atoms with Crippen LogP contribution in [0.5, 0.6) is 0 Å². The zero-order valence-corrected chi connectivity index (χ0v) is 11.7. The number of hydrogen-bond donors (Lipinski definition) is 1. The smallest absolute Gasteiger partial charge is 0.380 e. The van der Waals surface area contributed by atoms with Gasteiger partial charge in [0.05, 0.1) is 5.56 Å². The van der Waals surface area contributed by atoms with E-state index in [2.05, 4.69) is 21.2 Å². The standard InChI is InChI=1S/C13H12BrF3N2/c1-19-5-4-9(8-19)7-18-12-6-10(13(15,16)17)2-3-11(12)14/h2-6,8,18H,7H2,1H3. The molecule has 0 amide bonds. The van der Waals surface area contributed by atoms with Crippen molar-refractivity contribution in [1.82, 2.24) is 4.57 Å². The molecule has 102 valence electrons. The van der Waals surface area contributed by atoms with Crippen LogP contribution in [0.1, 0.15) is 11.1 Å². The van der Waals surface area contributed by atoms with Gasteiger partial charge in [-0.3, -0.25) is 0 Å². The lowest BCUT2D eigenvalue weighted by molar-refractivity contribution is -0.137. The van der Waals surface area contributed by atoms with Gasteiger partial charge < -0.3 is 9.88 Å². The quantitative estimate of drug-likeness (QED) is 0.880. The van der Waals surface area contributed by atoms with E-state index < -0.39 is 11.7 Å². The average Bonchev–Trinajstić information content (AvgIpc) is 2.72. The van der Waals surface area contributed by atoms with Crippen LogP contribution in [0.3, 0.4) is 0 Å². The molecular weight excluding hydrogens is 321 g/mol. The summed E-state index contributed by atoms with van der Waals surface area (Å²) in [5, 5.41) is 2.99. The van der Waals surface area contributed by atoms with Crippen molar-refractivity contribution in [2.75, 3.05) is 5.32 Å². The summed E-state index contributed by atoms with van der Waals surface area (Å²) in [7, 11) is 1.89. The number of aromatic nitrogens is 1. The van der Waals surface area contributed by atoms with Crippen molar-refractivity contribution >= 4 is 21.6 Å². The van der Waals surface area contributed by atoms with Crippen LogP contribution in [0.25, 0.3) is 0 Å². The van der Waals surface area contributed by atoms with Gasteiger partial charge in [0.2, 0.25) is 0 Å². The Hall–Kier alpha value is -1.43. The van der Waals surface area contributed by atoms with E-state index in [9.17, 15) is 13.2 Å². The molecule has 0 aliphatic heterocycles. The van der Waals surface area contributed by atoms with Crippen LogP contribution in [0.4, 0.5) is 18.9 Å². The molecule has 2 aromatic rings. The maximum Gasteiger partial charge on any atom is 0.416 e. The number of nitrogens with zero attached hydrogens (tertiary/aromatic N) is 1. The van der Waals surface area contributed by atoms with Gasteiger partial charge in [-0.2, -0.15) is 13.2 Å². The zero-order chi connectivity index (χ0) is 14.0. The second-order valence-corrected chi connectivity index (χ2v) is 5.09. The molecule has 2 rings (SSSR count). The fourth-order valence-electron chi connectivity index (χ4n) is 1.70. The highest BCUT2D eigenvalue weighted by atomic mass is 79.9. The first-order valence-electron chi connectivity index (χ1n) is 5.58.